The highest BCUT2D eigenvalue weighted by molar-refractivity contribution is 14.0. The molecule has 0 saturated heterocycles. The molecular formula is C19H33IN4O2. The molecule has 1 aromatic rings. The van der Waals surface area contributed by atoms with Crippen molar-refractivity contribution in [3.05, 3.63) is 35.9 Å². The van der Waals surface area contributed by atoms with Gasteiger partial charge in [0.2, 0.25) is 5.91 Å². The van der Waals surface area contributed by atoms with Crippen LogP contribution < -0.4 is 10.6 Å². The fourth-order valence-electron chi connectivity index (χ4n) is 2.56. The van der Waals surface area contributed by atoms with Crippen molar-refractivity contribution in [1.29, 1.82) is 0 Å². The van der Waals surface area contributed by atoms with Gasteiger partial charge in [0.15, 0.2) is 5.96 Å². The van der Waals surface area contributed by atoms with Crippen molar-refractivity contribution >= 4 is 35.8 Å². The van der Waals surface area contributed by atoms with Crippen LogP contribution in [0, 0.1) is 0 Å². The van der Waals surface area contributed by atoms with Crippen LogP contribution in [-0.4, -0.2) is 61.2 Å². The van der Waals surface area contributed by atoms with Crippen LogP contribution in [0.3, 0.4) is 0 Å². The molecule has 1 amide bonds. The van der Waals surface area contributed by atoms with Crippen molar-refractivity contribution in [1.82, 2.24) is 15.5 Å². The predicted molar refractivity (Wildman–Crippen MR) is 118 cm³/mol. The normalized spacial score (nSPS) is 12.1. The average molecular weight is 476 g/mol. The number of aliphatic hydroxyl groups is 1. The van der Waals surface area contributed by atoms with Gasteiger partial charge in [-0.3, -0.25) is 9.79 Å². The molecule has 0 aliphatic carbocycles. The van der Waals surface area contributed by atoms with Crippen LogP contribution in [0.4, 0.5) is 0 Å². The van der Waals surface area contributed by atoms with Crippen LogP contribution in [-0.2, 0) is 4.79 Å². The maximum absolute atomic E-state index is 12.0. The highest BCUT2D eigenvalue weighted by Crippen LogP contribution is 2.14. The number of halogens is 1. The minimum absolute atomic E-state index is 0. The highest BCUT2D eigenvalue weighted by atomic mass is 127. The Bertz CT molecular complexity index is 522. The van der Waals surface area contributed by atoms with Gasteiger partial charge in [-0.15, -0.1) is 24.0 Å². The smallest absolute Gasteiger partial charge is 0.224 e. The third-order valence-corrected chi connectivity index (χ3v) is 4.05. The standard InChI is InChI=1S/C19H32N4O2.HI/c1-4-20-19(21-13-12-18(25)23(5-2)6-3)22-14-17(15-24)16-10-8-7-9-11-16;/h7-11,17,24H,4-6,12-15H2,1-3H3,(H2,20,21,22);1H. The molecule has 1 rings (SSSR count). The van der Waals surface area contributed by atoms with Gasteiger partial charge in [0, 0.05) is 38.5 Å². The van der Waals surface area contributed by atoms with E-state index in [1.54, 1.807) is 0 Å². The minimum atomic E-state index is -0.0334. The summed E-state index contributed by atoms with van der Waals surface area (Å²) in [4.78, 5) is 18.4. The molecule has 0 aromatic heterocycles. The maximum atomic E-state index is 12.0. The molecule has 7 heteroatoms. The number of amides is 1. The van der Waals surface area contributed by atoms with Crippen molar-refractivity contribution in [2.75, 3.05) is 39.3 Å². The Labute approximate surface area is 174 Å². The minimum Gasteiger partial charge on any atom is -0.396 e. The summed E-state index contributed by atoms with van der Waals surface area (Å²) in [6.45, 7) is 9.25. The summed E-state index contributed by atoms with van der Waals surface area (Å²) in [6, 6.07) is 9.88. The van der Waals surface area contributed by atoms with Gasteiger partial charge in [-0.1, -0.05) is 30.3 Å². The second-order valence-electron chi connectivity index (χ2n) is 5.75. The van der Waals surface area contributed by atoms with Gasteiger partial charge in [0.05, 0.1) is 13.2 Å². The second kappa shape index (κ2) is 14.8. The van der Waals surface area contributed by atoms with Crippen molar-refractivity contribution < 1.29 is 9.90 Å². The predicted octanol–water partition coefficient (Wildman–Crippen LogP) is 2.19. The molecule has 6 nitrogen and oxygen atoms in total. The Balaban J connectivity index is 0.00000625. The van der Waals surface area contributed by atoms with E-state index in [1.165, 1.54) is 0 Å². The van der Waals surface area contributed by atoms with Crippen LogP contribution in [0.15, 0.2) is 35.3 Å². The van der Waals surface area contributed by atoms with Crippen LogP contribution in [0.2, 0.25) is 0 Å². The van der Waals surface area contributed by atoms with E-state index in [9.17, 15) is 9.90 Å². The molecule has 3 N–H and O–H groups in total. The zero-order valence-electron chi connectivity index (χ0n) is 16.1. The lowest BCUT2D eigenvalue weighted by Gasteiger charge is -2.19. The van der Waals surface area contributed by atoms with Crippen molar-refractivity contribution in [3.63, 3.8) is 0 Å². The summed E-state index contributed by atoms with van der Waals surface area (Å²) in [5.41, 5.74) is 1.07. The van der Waals surface area contributed by atoms with E-state index >= 15 is 0 Å². The second-order valence-corrected chi connectivity index (χ2v) is 5.75. The molecule has 0 heterocycles. The monoisotopic (exact) mass is 476 g/mol. The van der Waals surface area contributed by atoms with Gasteiger partial charge >= 0.3 is 0 Å². The largest absolute Gasteiger partial charge is 0.396 e. The van der Waals surface area contributed by atoms with Crippen molar-refractivity contribution in [3.8, 4) is 0 Å². The summed E-state index contributed by atoms with van der Waals surface area (Å²) >= 11 is 0. The Morgan fingerprint density at radius 2 is 1.81 bits per heavy atom. The lowest BCUT2D eigenvalue weighted by molar-refractivity contribution is -0.130. The number of hydrogen-bond acceptors (Lipinski definition) is 3. The van der Waals surface area contributed by atoms with Crippen LogP contribution in [0.25, 0.3) is 0 Å². The van der Waals surface area contributed by atoms with E-state index in [0.29, 0.717) is 25.5 Å². The van der Waals surface area contributed by atoms with E-state index in [-0.39, 0.29) is 42.4 Å². The summed E-state index contributed by atoms with van der Waals surface area (Å²) in [5.74, 6) is 0.782. The van der Waals surface area contributed by atoms with Crippen LogP contribution in [0.5, 0.6) is 0 Å². The van der Waals surface area contributed by atoms with E-state index in [2.05, 4.69) is 15.6 Å². The first-order valence-corrected chi connectivity index (χ1v) is 9.11. The quantitative estimate of drug-likeness (QED) is 0.275. The Morgan fingerprint density at radius 1 is 1.15 bits per heavy atom. The molecule has 0 saturated carbocycles. The summed E-state index contributed by atoms with van der Waals surface area (Å²) in [5, 5.41) is 16.0. The van der Waals surface area contributed by atoms with Crippen LogP contribution >= 0.6 is 24.0 Å². The summed E-state index contributed by atoms with van der Waals surface area (Å²) in [6.07, 6.45) is 0.439. The number of nitrogens with one attached hydrogen (secondary N) is 2. The SMILES string of the molecule is CCNC(=NCC(CO)c1ccccc1)NCCC(=O)N(CC)CC.I. The van der Waals surface area contributed by atoms with Gasteiger partial charge in [0.1, 0.15) is 0 Å². The first-order chi connectivity index (χ1) is 12.2. The van der Waals surface area contributed by atoms with Gasteiger partial charge in [-0.25, -0.2) is 0 Å². The Hall–Kier alpha value is -1.35. The number of aliphatic hydroxyl groups excluding tert-OH is 1. The van der Waals surface area contributed by atoms with E-state index in [0.717, 1.165) is 25.2 Å². The first-order valence-electron chi connectivity index (χ1n) is 9.11. The van der Waals surface area contributed by atoms with Crippen molar-refractivity contribution in [2.45, 2.75) is 33.1 Å². The average Bonchev–Trinajstić information content (AvgIpc) is 2.64. The molecule has 148 valence electrons. The third kappa shape index (κ3) is 8.84. The maximum Gasteiger partial charge on any atom is 0.224 e. The number of aliphatic imine (C=N–C) groups is 1. The third-order valence-electron chi connectivity index (χ3n) is 4.05. The van der Waals surface area contributed by atoms with Gasteiger partial charge in [0.25, 0.3) is 0 Å². The summed E-state index contributed by atoms with van der Waals surface area (Å²) < 4.78 is 0. The fraction of sp³-hybridized carbons (Fsp3) is 0.579. The zero-order chi connectivity index (χ0) is 18.5. The molecule has 0 bridgehead atoms. The molecule has 1 atom stereocenters. The number of nitrogens with zero attached hydrogens (tertiary/aromatic N) is 2. The number of hydrogen-bond donors (Lipinski definition) is 3. The summed E-state index contributed by atoms with van der Waals surface area (Å²) in [7, 11) is 0. The Kier molecular flexibility index (Phi) is 14.0. The fourth-order valence-corrected chi connectivity index (χ4v) is 2.56. The molecule has 26 heavy (non-hydrogen) atoms. The van der Waals surface area contributed by atoms with E-state index in [1.807, 2.05) is 56.0 Å². The molecule has 1 unspecified atom stereocenters. The lowest BCUT2D eigenvalue weighted by Crippen LogP contribution is -2.40. The van der Waals surface area contributed by atoms with Gasteiger partial charge in [-0.2, -0.15) is 0 Å². The molecule has 0 radical (unpaired) electrons. The van der Waals surface area contributed by atoms with Gasteiger partial charge < -0.3 is 20.6 Å². The van der Waals surface area contributed by atoms with Crippen molar-refractivity contribution in [2.24, 2.45) is 4.99 Å². The number of guanidine groups is 1. The number of benzene rings is 1. The molecule has 0 aliphatic heterocycles. The highest BCUT2D eigenvalue weighted by Gasteiger charge is 2.11. The zero-order valence-corrected chi connectivity index (χ0v) is 18.4. The van der Waals surface area contributed by atoms with E-state index in [4.69, 9.17) is 0 Å². The van der Waals surface area contributed by atoms with E-state index < -0.39 is 0 Å². The number of carbonyl (C=O) groups is 1. The molecular weight excluding hydrogens is 443 g/mol. The molecule has 1 aromatic carbocycles. The van der Waals surface area contributed by atoms with Crippen LogP contribution in [0.1, 0.15) is 38.7 Å². The lowest BCUT2D eigenvalue weighted by atomic mass is 10.0. The topological polar surface area (TPSA) is 77.0 Å². The first kappa shape index (κ1) is 24.7. The van der Waals surface area contributed by atoms with Gasteiger partial charge in [-0.05, 0) is 26.3 Å². The Morgan fingerprint density at radius 3 is 2.35 bits per heavy atom. The molecule has 0 spiro atoms. The molecule has 0 fully saturated rings. The number of rotatable bonds is 10. The number of carbonyl (C=O) groups excluding carboxylic acids is 1. The molecule has 0 aliphatic rings.